The largest absolute Gasteiger partial charge is 0.441 e. The lowest BCUT2D eigenvalue weighted by Gasteiger charge is -2.37. The molecule has 2 heterocycles. The normalized spacial score (nSPS) is 14.3. The van der Waals surface area contributed by atoms with Crippen molar-refractivity contribution < 1.29 is 9.21 Å². The fourth-order valence-corrected chi connectivity index (χ4v) is 3.83. The molecule has 1 amide bonds. The van der Waals surface area contributed by atoms with Crippen LogP contribution in [-0.2, 0) is 11.2 Å². The number of carbonyl (C=O) groups is 1. The Morgan fingerprint density at radius 3 is 2.41 bits per heavy atom. The number of oxazole rings is 1. The van der Waals surface area contributed by atoms with Gasteiger partial charge in [0.2, 0.25) is 11.8 Å². The summed E-state index contributed by atoms with van der Waals surface area (Å²) in [5.41, 5.74) is 5.55. The maximum Gasteiger partial charge on any atom is 0.228 e. The molecule has 0 N–H and O–H groups in total. The van der Waals surface area contributed by atoms with Crippen LogP contribution in [0, 0.1) is 20.8 Å². The van der Waals surface area contributed by atoms with E-state index >= 15 is 0 Å². The molecule has 0 spiro atoms. The molecule has 2 aromatic carbocycles. The van der Waals surface area contributed by atoms with Gasteiger partial charge >= 0.3 is 0 Å². The molecular weight excluding hydrogens is 362 g/mol. The van der Waals surface area contributed by atoms with Gasteiger partial charge in [-0.05, 0) is 50.1 Å². The van der Waals surface area contributed by atoms with Crippen molar-refractivity contribution >= 4 is 11.6 Å². The summed E-state index contributed by atoms with van der Waals surface area (Å²) in [4.78, 5) is 21.7. The van der Waals surface area contributed by atoms with Gasteiger partial charge in [-0.3, -0.25) is 4.79 Å². The van der Waals surface area contributed by atoms with E-state index in [4.69, 9.17) is 4.42 Å². The summed E-state index contributed by atoms with van der Waals surface area (Å²) in [5, 5.41) is 0. The number of benzene rings is 2. The molecule has 5 heteroatoms. The average Bonchev–Trinajstić information content (AvgIpc) is 3.11. The number of aromatic nitrogens is 1. The zero-order valence-corrected chi connectivity index (χ0v) is 17.3. The Kier molecular flexibility index (Phi) is 5.38. The van der Waals surface area contributed by atoms with Gasteiger partial charge < -0.3 is 14.2 Å². The Morgan fingerprint density at radius 1 is 0.966 bits per heavy atom. The summed E-state index contributed by atoms with van der Waals surface area (Å²) in [7, 11) is 0. The second-order valence-electron chi connectivity index (χ2n) is 7.65. The van der Waals surface area contributed by atoms with E-state index in [1.807, 2.05) is 42.2 Å². The molecule has 4 rings (SSSR count). The molecule has 0 radical (unpaired) electrons. The van der Waals surface area contributed by atoms with Crippen LogP contribution in [0.2, 0.25) is 0 Å². The number of carbonyl (C=O) groups excluding carboxylic acids is 1. The lowest BCUT2D eigenvalue weighted by atomic mass is 10.1. The number of aryl methyl sites for hydroxylation is 2. The van der Waals surface area contributed by atoms with E-state index in [9.17, 15) is 4.79 Å². The first-order chi connectivity index (χ1) is 14.0. The maximum absolute atomic E-state index is 12.9. The van der Waals surface area contributed by atoms with E-state index in [0.29, 0.717) is 11.7 Å². The molecule has 0 aliphatic carbocycles. The van der Waals surface area contributed by atoms with Crippen LogP contribution in [0.25, 0.3) is 11.5 Å². The highest BCUT2D eigenvalue weighted by molar-refractivity contribution is 5.79. The highest BCUT2D eigenvalue weighted by atomic mass is 16.4. The van der Waals surface area contributed by atoms with Gasteiger partial charge in [0, 0.05) is 37.4 Å². The Hall–Kier alpha value is -3.08. The number of piperazine rings is 1. The Balaban J connectivity index is 1.39. The van der Waals surface area contributed by atoms with Crippen LogP contribution in [0.1, 0.15) is 22.6 Å². The maximum atomic E-state index is 12.9. The summed E-state index contributed by atoms with van der Waals surface area (Å²) in [6.07, 6.45) is 0.283. The molecule has 1 fully saturated rings. The lowest BCUT2D eigenvalue weighted by Crippen LogP contribution is -2.49. The van der Waals surface area contributed by atoms with Crippen molar-refractivity contribution in [3.8, 4) is 11.5 Å². The molecule has 1 aliphatic rings. The third kappa shape index (κ3) is 4.04. The van der Waals surface area contributed by atoms with Gasteiger partial charge in [-0.2, -0.15) is 0 Å². The highest BCUT2D eigenvalue weighted by Gasteiger charge is 2.24. The van der Waals surface area contributed by atoms with E-state index in [2.05, 4.69) is 41.9 Å². The highest BCUT2D eigenvalue weighted by Crippen LogP contribution is 2.25. The molecular formula is C24H27N3O2. The van der Waals surface area contributed by atoms with E-state index in [0.717, 1.165) is 37.4 Å². The molecule has 0 unspecified atom stereocenters. The third-order valence-electron chi connectivity index (χ3n) is 5.78. The summed E-state index contributed by atoms with van der Waals surface area (Å²) >= 11 is 0. The molecule has 5 nitrogen and oxygen atoms in total. The number of anilines is 1. The lowest BCUT2D eigenvalue weighted by molar-refractivity contribution is -0.130. The summed E-state index contributed by atoms with van der Waals surface area (Å²) in [5.74, 6) is 1.40. The number of nitrogens with zero attached hydrogens (tertiary/aromatic N) is 3. The minimum absolute atomic E-state index is 0.113. The summed E-state index contributed by atoms with van der Waals surface area (Å²) in [6.45, 7) is 9.35. The summed E-state index contributed by atoms with van der Waals surface area (Å²) < 4.78 is 5.80. The minimum Gasteiger partial charge on any atom is -0.441 e. The average molecular weight is 389 g/mol. The van der Waals surface area contributed by atoms with Crippen LogP contribution in [0.5, 0.6) is 0 Å². The van der Waals surface area contributed by atoms with Gasteiger partial charge in [-0.1, -0.05) is 30.3 Å². The van der Waals surface area contributed by atoms with Crippen LogP contribution in [0.15, 0.2) is 52.9 Å². The summed E-state index contributed by atoms with van der Waals surface area (Å²) in [6, 6.07) is 16.2. The number of amides is 1. The van der Waals surface area contributed by atoms with E-state index < -0.39 is 0 Å². The first kappa shape index (κ1) is 19.2. The second-order valence-corrected chi connectivity index (χ2v) is 7.65. The van der Waals surface area contributed by atoms with Crippen LogP contribution >= 0.6 is 0 Å². The topological polar surface area (TPSA) is 49.6 Å². The monoisotopic (exact) mass is 389 g/mol. The molecule has 0 bridgehead atoms. The van der Waals surface area contributed by atoms with Gasteiger partial charge in [-0.25, -0.2) is 4.98 Å². The zero-order valence-electron chi connectivity index (χ0n) is 17.3. The Labute approximate surface area is 172 Å². The Bertz CT molecular complexity index is 1000. The third-order valence-corrected chi connectivity index (χ3v) is 5.78. The van der Waals surface area contributed by atoms with E-state index in [1.165, 1.54) is 16.8 Å². The molecule has 1 aliphatic heterocycles. The quantitative estimate of drug-likeness (QED) is 0.672. The van der Waals surface area contributed by atoms with Crippen molar-refractivity contribution in [2.24, 2.45) is 0 Å². The van der Waals surface area contributed by atoms with Gasteiger partial charge in [0.25, 0.3) is 0 Å². The smallest absolute Gasteiger partial charge is 0.228 e. The van der Waals surface area contributed by atoms with Crippen LogP contribution in [-0.4, -0.2) is 42.0 Å². The van der Waals surface area contributed by atoms with Crippen molar-refractivity contribution in [2.75, 3.05) is 31.1 Å². The molecule has 3 aromatic rings. The van der Waals surface area contributed by atoms with Crippen LogP contribution in [0.4, 0.5) is 5.69 Å². The van der Waals surface area contributed by atoms with Crippen molar-refractivity contribution in [3.05, 3.63) is 71.1 Å². The van der Waals surface area contributed by atoms with E-state index in [1.54, 1.807) is 0 Å². The van der Waals surface area contributed by atoms with Crippen LogP contribution < -0.4 is 4.90 Å². The molecule has 0 atom stereocenters. The fourth-order valence-electron chi connectivity index (χ4n) is 3.83. The molecule has 150 valence electrons. The van der Waals surface area contributed by atoms with Gasteiger partial charge in [-0.15, -0.1) is 0 Å². The van der Waals surface area contributed by atoms with Crippen molar-refractivity contribution in [1.82, 2.24) is 9.88 Å². The van der Waals surface area contributed by atoms with Gasteiger partial charge in [0.1, 0.15) is 5.76 Å². The second kappa shape index (κ2) is 8.11. The molecule has 1 saturated heterocycles. The van der Waals surface area contributed by atoms with Crippen LogP contribution in [0.3, 0.4) is 0 Å². The number of hydrogen-bond donors (Lipinski definition) is 0. The SMILES string of the molecule is Cc1cccc(N2CCN(C(=O)Cc3nc(-c4ccccc4)oc3C)CC2)c1C. The fraction of sp³-hybridized carbons (Fsp3) is 0.333. The van der Waals surface area contributed by atoms with Gasteiger partial charge in [0.05, 0.1) is 12.1 Å². The first-order valence-corrected chi connectivity index (χ1v) is 10.1. The Morgan fingerprint density at radius 2 is 1.69 bits per heavy atom. The van der Waals surface area contributed by atoms with E-state index in [-0.39, 0.29) is 12.3 Å². The molecule has 29 heavy (non-hydrogen) atoms. The molecule has 0 saturated carbocycles. The zero-order chi connectivity index (χ0) is 20.4. The van der Waals surface area contributed by atoms with Crippen molar-refractivity contribution in [2.45, 2.75) is 27.2 Å². The molecule has 1 aromatic heterocycles. The van der Waals surface area contributed by atoms with Crippen molar-refractivity contribution in [3.63, 3.8) is 0 Å². The predicted octanol–water partition coefficient (Wildman–Crippen LogP) is 4.16. The first-order valence-electron chi connectivity index (χ1n) is 10.1. The minimum atomic E-state index is 0.113. The standard InChI is InChI=1S/C24H27N3O2/c1-17-8-7-11-22(18(17)2)26-12-14-27(15-13-26)23(28)16-21-19(3)29-24(25-21)20-9-5-4-6-10-20/h4-11H,12-16H2,1-3H3. The van der Waals surface area contributed by atoms with Crippen molar-refractivity contribution in [1.29, 1.82) is 0 Å². The van der Waals surface area contributed by atoms with Gasteiger partial charge in [0.15, 0.2) is 0 Å². The predicted molar refractivity (Wildman–Crippen MR) is 115 cm³/mol. The number of hydrogen-bond acceptors (Lipinski definition) is 4. The number of rotatable bonds is 4.